The molecule has 0 spiro atoms. The second kappa shape index (κ2) is 7.73. The van der Waals surface area contributed by atoms with Gasteiger partial charge in [-0.25, -0.2) is 13.4 Å². The van der Waals surface area contributed by atoms with Gasteiger partial charge in [0.2, 0.25) is 15.9 Å². The van der Waals surface area contributed by atoms with Crippen molar-refractivity contribution in [2.24, 2.45) is 0 Å². The van der Waals surface area contributed by atoms with E-state index in [2.05, 4.69) is 4.98 Å². The number of aryl methyl sites for hydroxylation is 1. The molecule has 144 valence electrons. The number of sulfonamides is 1. The van der Waals surface area contributed by atoms with Crippen LogP contribution in [0.2, 0.25) is 0 Å². The highest BCUT2D eigenvalue weighted by Gasteiger charge is 2.33. The Hall–Kier alpha value is -2.70. The van der Waals surface area contributed by atoms with E-state index in [0.29, 0.717) is 30.3 Å². The van der Waals surface area contributed by atoms with Crippen molar-refractivity contribution < 1.29 is 13.2 Å². The highest BCUT2D eigenvalue weighted by molar-refractivity contribution is 7.89. The number of aromatic nitrogens is 1. The van der Waals surface area contributed by atoms with Gasteiger partial charge in [0.05, 0.1) is 11.4 Å². The number of rotatable bonds is 5. The summed E-state index contributed by atoms with van der Waals surface area (Å²) in [6.45, 7) is 2.68. The standard InChI is InChI=1S/C22H22N2O3S/c1-17-6-5-9-22(23-17)27-20-14-15-24(16-20)28(25,26)21-12-10-19(11-13-21)18-7-3-2-4-8-18/h2-13,20H,14-16H2,1H3. The topological polar surface area (TPSA) is 59.5 Å². The van der Waals surface area contributed by atoms with Gasteiger partial charge >= 0.3 is 0 Å². The molecule has 2 heterocycles. The van der Waals surface area contributed by atoms with E-state index in [1.54, 1.807) is 18.2 Å². The normalized spacial score (nSPS) is 17.5. The maximum atomic E-state index is 13.0. The fraction of sp³-hybridized carbons (Fsp3) is 0.227. The molecular formula is C22H22N2O3S. The van der Waals surface area contributed by atoms with Crippen molar-refractivity contribution in [3.8, 4) is 17.0 Å². The summed E-state index contributed by atoms with van der Waals surface area (Å²) in [6, 6.07) is 22.5. The zero-order valence-corrected chi connectivity index (χ0v) is 16.5. The van der Waals surface area contributed by atoms with Crippen LogP contribution in [0, 0.1) is 6.92 Å². The van der Waals surface area contributed by atoms with Gasteiger partial charge in [0.1, 0.15) is 6.10 Å². The largest absolute Gasteiger partial charge is 0.473 e. The monoisotopic (exact) mass is 394 g/mol. The van der Waals surface area contributed by atoms with Crippen LogP contribution in [0.15, 0.2) is 77.7 Å². The smallest absolute Gasteiger partial charge is 0.243 e. The van der Waals surface area contributed by atoms with Crippen molar-refractivity contribution in [2.75, 3.05) is 13.1 Å². The molecule has 1 aliphatic heterocycles. The van der Waals surface area contributed by atoms with Gasteiger partial charge < -0.3 is 4.74 Å². The van der Waals surface area contributed by atoms with Crippen molar-refractivity contribution in [1.29, 1.82) is 0 Å². The number of hydrogen-bond donors (Lipinski definition) is 0. The summed E-state index contributed by atoms with van der Waals surface area (Å²) in [6.07, 6.45) is 0.462. The first-order chi connectivity index (χ1) is 13.5. The van der Waals surface area contributed by atoms with Crippen LogP contribution in [0.4, 0.5) is 0 Å². The molecule has 0 bridgehead atoms. The predicted molar refractivity (Wildman–Crippen MR) is 109 cm³/mol. The molecule has 0 radical (unpaired) electrons. The molecule has 5 nitrogen and oxygen atoms in total. The lowest BCUT2D eigenvalue weighted by Crippen LogP contribution is -2.31. The average Bonchev–Trinajstić information content (AvgIpc) is 3.18. The summed E-state index contributed by atoms with van der Waals surface area (Å²) in [5, 5.41) is 0. The molecule has 0 amide bonds. The van der Waals surface area contributed by atoms with Crippen molar-refractivity contribution in [2.45, 2.75) is 24.3 Å². The minimum atomic E-state index is -3.54. The van der Waals surface area contributed by atoms with Gasteiger partial charge in [-0.15, -0.1) is 0 Å². The first-order valence-electron chi connectivity index (χ1n) is 9.28. The number of pyridine rings is 1. The summed E-state index contributed by atoms with van der Waals surface area (Å²) in [7, 11) is -3.54. The van der Waals surface area contributed by atoms with Gasteiger partial charge in [0, 0.05) is 18.3 Å². The molecule has 28 heavy (non-hydrogen) atoms. The molecule has 2 aromatic carbocycles. The van der Waals surface area contributed by atoms with Crippen molar-refractivity contribution in [3.05, 3.63) is 78.5 Å². The average molecular weight is 394 g/mol. The van der Waals surface area contributed by atoms with E-state index in [4.69, 9.17) is 4.74 Å². The van der Waals surface area contributed by atoms with E-state index in [1.165, 1.54) is 4.31 Å². The summed E-state index contributed by atoms with van der Waals surface area (Å²) < 4.78 is 33.3. The van der Waals surface area contributed by atoms with E-state index >= 15 is 0 Å². The Kier molecular flexibility index (Phi) is 5.15. The lowest BCUT2D eigenvalue weighted by atomic mass is 10.1. The first kappa shape index (κ1) is 18.7. The minimum absolute atomic E-state index is 0.187. The Bertz CT molecular complexity index is 1050. The Morgan fingerprint density at radius 3 is 2.36 bits per heavy atom. The summed E-state index contributed by atoms with van der Waals surface area (Å²) in [5.74, 6) is 0.538. The molecule has 1 fully saturated rings. The SMILES string of the molecule is Cc1cccc(OC2CCN(S(=O)(=O)c3ccc(-c4ccccc4)cc3)C2)n1. The third kappa shape index (κ3) is 3.93. The zero-order valence-electron chi connectivity index (χ0n) is 15.7. The zero-order chi connectivity index (χ0) is 19.6. The fourth-order valence-electron chi connectivity index (χ4n) is 3.37. The summed E-state index contributed by atoms with van der Waals surface area (Å²) in [4.78, 5) is 4.64. The van der Waals surface area contributed by atoms with Crippen LogP contribution in [-0.2, 0) is 10.0 Å². The van der Waals surface area contributed by atoms with E-state index in [-0.39, 0.29) is 6.10 Å². The molecule has 0 N–H and O–H groups in total. The Balaban J connectivity index is 1.46. The quantitative estimate of drug-likeness (QED) is 0.659. The molecule has 1 atom stereocenters. The first-order valence-corrected chi connectivity index (χ1v) is 10.7. The highest BCUT2D eigenvalue weighted by atomic mass is 32.2. The van der Waals surface area contributed by atoms with Crippen LogP contribution in [0.3, 0.4) is 0 Å². The number of benzene rings is 2. The molecule has 6 heteroatoms. The molecule has 1 aliphatic rings. The molecule has 0 aliphatic carbocycles. The number of nitrogens with zero attached hydrogens (tertiary/aromatic N) is 2. The molecule has 0 saturated carbocycles. The van der Waals surface area contributed by atoms with E-state index in [1.807, 2.05) is 61.5 Å². The van der Waals surface area contributed by atoms with Crippen LogP contribution in [0.1, 0.15) is 12.1 Å². The van der Waals surface area contributed by atoms with Crippen LogP contribution in [0.25, 0.3) is 11.1 Å². The maximum Gasteiger partial charge on any atom is 0.243 e. The predicted octanol–water partition coefficient (Wildman–Crippen LogP) is 3.90. The third-order valence-electron chi connectivity index (χ3n) is 4.86. The highest BCUT2D eigenvalue weighted by Crippen LogP contribution is 2.26. The lowest BCUT2D eigenvalue weighted by molar-refractivity contribution is 0.206. The Labute approximate surface area is 165 Å². The molecule has 1 aromatic heterocycles. The van der Waals surface area contributed by atoms with Gasteiger partial charge in [0.25, 0.3) is 0 Å². The minimum Gasteiger partial charge on any atom is -0.473 e. The van der Waals surface area contributed by atoms with Crippen LogP contribution in [0.5, 0.6) is 5.88 Å². The van der Waals surface area contributed by atoms with Crippen molar-refractivity contribution >= 4 is 10.0 Å². The van der Waals surface area contributed by atoms with Gasteiger partial charge in [0.15, 0.2) is 0 Å². The van der Waals surface area contributed by atoms with Crippen LogP contribution in [-0.4, -0.2) is 36.9 Å². The number of ether oxygens (including phenoxy) is 1. The Morgan fingerprint density at radius 1 is 0.929 bits per heavy atom. The second-order valence-corrected chi connectivity index (χ2v) is 8.84. The molecule has 4 rings (SSSR count). The number of hydrogen-bond acceptors (Lipinski definition) is 4. The maximum absolute atomic E-state index is 13.0. The molecule has 1 saturated heterocycles. The third-order valence-corrected chi connectivity index (χ3v) is 6.74. The van der Waals surface area contributed by atoms with Crippen molar-refractivity contribution in [1.82, 2.24) is 9.29 Å². The second-order valence-electron chi connectivity index (χ2n) is 6.90. The summed E-state index contributed by atoms with van der Waals surface area (Å²) >= 11 is 0. The Morgan fingerprint density at radius 2 is 1.64 bits per heavy atom. The van der Waals surface area contributed by atoms with Gasteiger partial charge in [-0.2, -0.15) is 4.31 Å². The lowest BCUT2D eigenvalue weighted by Gasteiger charge is -2.17. The van der Waals surface area contributed by atoms with E-state index in [0.717, 1.165) is 16.8 Å². The summed E-state index contributed by atoms with van der Waals surface area (Å²) in [5.41, 5.74) is 2.93. The van der Waals surface area contributed by atoms with E-state index in [9.17, 15) is 8.42 Å². The van der Waals surface area contributed by atoms with E-state index < -0.39 is 10.0 Å². The van der Waals surface area contributed by atoms with Crippen LogP contribution >= 0.6 is 0 Å². The van der Waals surface area contributed by atoms with Gasteiger partial charge in [-0.1, -0.05) is 48.5 Å². The molecular weight excluding hydrogens is 372 g/mol. The van der Waals surface area contributed by atoms with Crippen molar-refractivity contribution in [3.63, 3.8) is 0 Å². The molecule has 3 aromatic rings. The van der Waals surface area contributed by atoms with Crippen LogP contribution < -0.4 is 4.74 Å². The molecule has 1 unspecified atom stereocenters. The van der Waals surface area contributed by atoms with Gasteiger partial charge in [-0.05, 0) is 42.7 Å². The fourth-order valence-corrected chi connectivity index (χ4v) is 4.85. The van der Waals surface area contributed by atoms with Gasteiger partial charge in [-0.3, -0.25) is 0 Å².